The summed E-state index contributed by atoms with van der Waals surface area (Å²) in [5.74, 6) is 0. The molecule has 8 heteroatoms. The highest BCUT2D eigenvalue weighted by Gasteiger charge is 2.09. The number of nitro benzene ring substituents is 1. The van der Waals surface area contributed by atoms with E-state index in [1.807, 2.05) is 0 Å². The second kappa shape index (κ2) is 5.61. The van der Waals surface area contributed by atoms with Crippen LogP contribution in [-0.2, 0) is 10.0 Å². The number of hydrogen-bond acceptors (Lipinski definition) is 5. The molecule has 0 amide bonds. The number of non-ortho nitro benzene ring substituents is 1. The van der Waals surface area contributed by atoms with Crippen LogP contribution in [0.25, 0.3) is 0 Å². The van der Waals surface area contributed by atoms with Crippen molar-refractivity contribution in [3.05, 3.63) is 58.6 Å². The first kappa shape index (κ1) is 14.5. The normalized spacial score (nSPS) is 11.2. The lowest BCUT2D eigenvalue weighted by Gasteiger charge is -2.03. The molecule has 0 aliphatic rings. The van der Waals surface area contributed by atoms with Gasteiger partial charge in [0.2, 0.25) is 10.0 Å². The summed E-state index contributed by atoms with van der Waals surface area (Å²) in [5.41, 5.74) is 0.00707. The summed E-state index contributed by atoms with van der Waals surface area (Å²) in [6.45, 7) is 0. The van der Waals surface area contributed by atoms with E-state index in [-0.39, 0.29) is 10.6 Å². The van der Waals surface area contributed by atoms with Gasteiger partial charge >= 0.3 is 0 Å². The molecule has 0 aliphatic heterocycles. The standard InChI is InChI=1S/C12H10N2O4S2/c13-20(17,18)12-3-1-2-11(8-12)19-10-6-4-9(5-7-10)14(15)16/h1-8H,(H2,13,17,18). The summed E-state index contributed by atoms with van der Waals surface area (Å²) in [4.78, 5) is 11.6. The summed E-state index contributed by atoms with van der Waals surface area (Å²) >= 11 is 1.30. The van der Waals surface area contributed by atoms with Gasteiger partial charge in [-0.2, -0.15) is 0 Å². The van der Waals surface area contributed by atoms with Crippen molar-refractivity contribution in [3.63, 3.8) is 0 Å². The van der Waals surface area contributed by atoms with Crippen LogP contribution in [0.3, 0.4) is 0 Å². The summed E-state index contributed by atoms with van der Waals surface area (Å²) in [5, 5.41) is 15.6. The summed E-state index contributed by atoms with van der Waals surface area (Å²) in [6, 6.07) is 12.2. The molecule has 2 N–H and O–H groups in total. The first-order valence-corrected chi connectivity index (χ1v) is 7.78. The molecule has 20 heavy (non-hydrogen) atoms. The van der Waals surface area contributed by atoms with E-state index in [1.54, 1.807) is 24.3 Å². The van der Waals surface area contributed by atoms with E-state index in [1.165, 1.54) is 36.0 Å². The Hall–Kier alpha value is -1.90. The van der Waals surface area contributed by atoms with E-state index in [4.69, 9.17) is 5.14 Å². The smallest absolute Gasteiger partial charge is 0.258 e. The molecule has 0 atom stereocenters. The average Bonchev–Trinajstić information content (AvgIpc) is 2.38. The maximum Gasteiger partial charge on any atom is 0.269 e. The molecule has 0 unspecified atom stereocenters. The molecule has 0 heterocycles. The third kappa shape index (κ3) is 3.56. The van der Waals surface area contributed by atoms with Gasteiger partial charge in [-0.15, -0.1) is 0 Å². The SMILES string of the molecule is NS(=O)(=O)c1cccc(Sc2ccc([N+](=O)[O-])cc2)c1. The van der Waals surface area contributed by atoms with Gasteiger partial charge in [-0.3, -0.25) is 10.1 Å². The number of sulfonamides is 1. The summed E-state index contributed by atoms with van der Waals surface area (Å²) in [6.07, 6.45) is 0. The van der Waals surface area contributed by atoms with Crippen molar-refractivity contribution in [2.75, 3.05) is 0 Å². The van der Waals surface area contributed by atoms with E-state index in [9.17, 15) is 18.5 Å². The van der Waals surface area contributed by atoms with Gasteiger partial charge in [0.05, 0.1) is 9.82 Å². The second-order valence-corrected chi connectivity index (χ2v) is 6.58. The maximum atomic E-state index is 11.3. The average molecular weight is 310 g/mol. The van der Waals surface area contributed by atoms with Crippen molar-refractivity contribution in [2.24, 2.45) is 5.14 Å². The van der Waals surface area contributed by atoms with Gasteiger partial charge in [0.1, 0.15) is 0 Å². The lowest BCUT2D eigenvalue weighted by atomic mass is 10.3. The predicted octanol–water partition coefficient (Wildman–Crippen LogP) is 2.39. The van der Waals surface area contributed by atoms with Gasteiger partial charge in [-0.25, -0.2) is 13.6 Å². The van der Waals surface area contributed by atoms with Crippen molar-refractivity contribution in [1.29, 1.82) is 0 Å². The Balaban J connectivity index is 2.24. The lowest BCUT2D eigenvalue weighted by Crippen LogP contribution is -2.11. The summed E-state index contributed by atoms with van der Waals surface area (Å²) < 4.78 is 22.5. The molecule has 6 nitrogen and oxygen atoms in total. The van der Waals surface area contributed by atoms with Crippen molar-refractivity contribution in [3.8, 4) is 0 Å². The van der Waals surface area contributed by atoms with Crippen molar-refractivity contribution in [2.45, 2.75) is 14.7 Å². The molecular weight excluding hydrogens is 300 g/mol. The molecule has 0 fully saturated rings. The number of hydrogen-bond donors (Lipinski definition) is 1. The topological polar surface area (TPSA) is 103 Å². The summed E-state index contributed by atoms with van der Waals surface area (Å²) in [7, 11) is -3.74. The van der Waals surface area contributed by atoms with Crippen molar-refractivity contribution >= 4 is 27.5 Å². The Morgan fingerprint density at radius 3 is 2.25 bits per heavy atom. The highest BCUT2D eigenvalue weighted by molar-refractivity contribution is 7.99. The largest absolute Gasteiger partial charge is 0.269 e. The van der Waals surface area contributed by atoms with Crippen LogP contribution in [0.5, 0.6) is 0 Å². The maximum absolute atomic E-state index is 11.3. The zero-order valence-corrected chi connectivity index (χ0v) is 11.7. The van der Waals surface area contributed by atoms with E-state index in [0.717, 1.165) is 4.90 Å². The Morgan fingerprint density at radius 2 is 1.70 bits per heavy atom. The zero-order chi connectivity index (χ0) is 14.8. The highest BCUT2D eigenvalue weighted by Crippen LogP contribution is 2.30. The number of nitrogens with two attached hydrogens (primary N) is 1. The van der Waals surface area contributed by atoms with Gasteiger partial charge in [-0.1, -0.05) is 17.8 Å². The highest BCUT2D eigenvalue weighted by atomic mass is 32.2. The van der Waals surface area contributed by atoms with Crippen LogP contribution in [0.4, 0.5) is 5.69 Å². The first-order chi connectivity index (χ1) is 9.36. The zero-order valence-electron chi connectivity index (χ0n) is 10.1. The number of nitrogens with zero attached hydrogens (tertiary/aromatic N) is 1. The van der Waals surface area contributed by atoms with E-state index in [2.05, 4.69) is 0 Å². The van der Waals surface area contributed by atoms with Crippen LogP contribution >= 0.6 is 11.8 Å². The van der Waals surface area contributed by atoms with Crippen LogP contribution in [-0.4, -0.2) is 13.3 Å². The first-order valence-electron chi connectivity index (χ1n) is 5.41. The Labute approximate surface area is 119 Å². The van der Waals surface area contributed by atoms with Gasteiger partial charge in [0.25, 0.3) is 5.69 Å². The number of nitro groups is 1. The van der Waals surface area contributed by atoms with Crippen LogP contribution in [0.2, 0.25) is 0 Å². The quantitative estimate of drug-likeness (QED) is 0.690. The van der Waals surface area contributed by atoms with Gasteiger partial charge in [0, 0.05) is 21.9 Å². The molecule has 0 bridgehead atoms. The minimum Gasteiger partial charge on any atom is -0.258 e. The fraction of sp³-hybridized carbons (Fsp3) is 0. The molecule has 0 aliphatic carbocycles. The van der Waals surface area contributed by atoms with Crippen molar-refractivity contribution < 1.29 is 13.3 Å². The molecule has 0 saturated heterocycles. The van der Waals surface area contributed by atoms with Gasteiger partial charge in [-0.05, 0) is 30.3 Å². The second-order valence-electron chi connectivity index (χ2n) is 3.87. The molecular formula is C12H10N2O4S2. The monoisotopic (exact) mass is 310 g/mol. The minimum atomic E-state index is -3.74. The van der Waals surface area contributed by atoms with Crippen LogP contribution in [0, 0.1) is 10.1 Å². The van der Waals surface area contributed by atoms with Gasteiger partial charge in [0.15, 0.2) is 0 Å². The number of benzene rings is 2. The molecule has 2 rings (SSSR count). The minimum absolute atomic E-state index is 0.00707. The third-order valence-electron chi connectivity index (χ3n) is 2.42. The Kier molecular flexibility index (Phi) is 4.07. The molecule has 0 aromatic heterocycles. The van der Waals surface area contributed by atoms with E-state index < -0.39 is 14.9 Å². The molecule has 0 saturated carbocycles. The fourth-order valence-electron chi connectivity index (χ4n) is 1.49. The molecule has 2 aromatic rings. The lowest BCUT2D eigenvalue weighted by molar-refractivity contribution is -0.384. The van der Waals surface area contributed by atoms with E-state index in [0.29, 0.717) is 4.90 Å². The Morgan fingerprint density at radius 1 is 1.05 bits per heavy atom. The molecule has 0 radical (unpaired) electrons. The van der Waals surface area contributed by atoms with Gasteiger partial charge < -0.3 is 0 Å². The molecule has 0 spiro atoms. The number of primary sulfonamides is 1. The number of rotatable bonds is 4. The molecule has 2 aromatic carbocycles. The third-order valence-corrected chi connectivity index (χ3v) is 4.33. The van der Waals surface area contributed by atoms with Crippen LogP contribution in [0.15, 0.2) is 63.2 Å². The van der Waals surface area contributed by atoms with Crippen LogP contribution in [0.1, 0.15) is 0 Å². The molecule has 104 valence electrons. The fourth-order valence-corrected chi connectivity index (χ4v) is 3.00. The predicted molar refractivity (Wildman–Crippen MR) is 75.0 cm³/mol. The van der Waals surface area contributed by atoms with Crippen LogP contribution < -0.4 is 5.14 Å². The van der Waals surface area contributed by atoms with E-state index >= 15 is 0 Å². The Bertz CT molecular complexity index is 742. The van der Waals surface area contributed by atoms with Crippen molar-refractivity contribution in [1.82, 2.24) is 0 Å².